The topological polar surface area (TPSA) is 33.0 Å². The van der Waals surface area contributed by atoms with Crippen molar-refractivity contribution in [2.45, 2.75) is 25.2 Å². The number of benzene rings is 2. The van der Waals surface area contributed by atoms with E-state index in [-0.39, 0.29) is 5.92 Å². The zero-order valence-electron chi connectivity index (χ0n) is 11.6. The summed E-state index contributed by atoms with van der Waals surface area (Å²) < 4.78 is 5.19. The predicted molar refractivity (Wildman–Crippen MR) is 78.9 cm³/mol. The molecule has 0 bridgehead atoms. The standard InChI is InChI=1S/C18H17NO/c1-20-16-8-5-13(6-9-16)11-14-3-2-4-17-15(12-19)7-10-18(14)17/h2-6,8-9,15H,7,10-11H2,1H3. The van der Waals surface area contributed by atoms with Crippen molar-refractivity contribution in [3.05, 3.63) is 64.7 Å². The lowest BCUT2D eigenvalue weighted by Gasteiger charge is -2.09. The van der Waals surface area contributed by atoms with Crippen LogP contribution in [0.1, 0.15) is 34.6 Å². The summed E-state index contributed by atoms with van der Waals surface area (Å²) in [4.78, 5) is 0. The Morgan fingerprint density at radius 3 is 2.70 bits per heavy atom. The number of ether oxygens (including phenoxy) is 1. The highest BCUT2D eigenvalue weighted by Gasteiger charge is 2.23. The van der Waals surface area contributed by atoms with Crippen LogP contribution in [0, 0.1) is 11.3 Å². The maximum atomic E-state index is 9.19. The molecule has 20 heavy (non-hydrogen) atoms. The second-order valence-corrected chi connectivity index (χ2v) is 5.23. The third kappa shape index (κ3) is 2.28. The fraction of sp³-hybridized carbons (Fsp3) is 0.278. The first-order valence-corrected chi connectivity index (χ1v) is 6.95. The Bertz CT molecular complexity index is 652. The van der Waals surface area contributed by atoms with Crippen LogP contribution < -0.4 is 4.74 Å². The Morgan fingerprint density at radius 1 is 1.20 bits per heavy atom. The molecule has 0 amide bonds. The van der Waals surface area contributed by atoms with Crippen LogP contribution in [0.15, 0.2) is 42.5 Å². The lowest BCUT2D eigenvalue weighted by molar-refractivity contribution is 0.414. The van der Waals surface area contributed by atoms with Gasteiger partial charge in [0.15, 0.2) is 0 Å². The van der Waals surface area contributed by atoms with E-state index in [0.29, 0.717) is 0 Å². The fourth-order valence-electron chi connectivity index (χ4n) is 2.99. The second-order valence-electron chi connectivity index (χ2n) is 5.23. The molecule has 1 aliphatic rings. The van der Waals surface area contributed by atoms with Gasteiger partial charge in [-0.1, -0.05) is 30.3 Å². The van der Waals surface area contributed by atoms with Gasteiger partial charge in [-0.15, -0.1) is 0 Å². The molecule has 100 valence electrons. The molecule has 1 unspecified atom stereocenters. The van der Waals surface area contributed by atoms with Gasteiger partial charge in [-0.3, -0.25) is 0 Å². The van der Waals surface area contributed by atoms with Crippen molar-refractivity contribution in [3.63, 3.8) is 0 Å². The summed E-state index contributed by atoms with van der Waals surface area (Å²) >= 11 is 0. The molecule has 0 spiro atoms. The molecular weight excluding hydrogens is 246 g/mol. The van der Waals surface area contributed by atoms with Gasteiger partial charge in [0.05, 0.1) is 19.1 Å². The van der Waals surface area contributed by atoms with Crippen molar-refractivity contribution in [2.24, 2.45) is 0 Å². The summed E-state index contributed by atoms with van der Waals surface area (Å²) in [7, 11) is 1.68. The summed E-state index contributed by atoms with van der Waals surface area (Å²) in [5.74, 6) is 0.970. The van der Waals surface area contributed by atoms with Crippen molar-refractivity contribution in [1.29, 1.82) is 5.26 Å². The van der Waals surface area contributed by atoms with E-state index in [1.807, 2.05) is 12.1 Å². The molecule has 0 heterocycles. The summed E-state index contributed by atoms with van der Waals surface area (Å²) in [5.41, 5.74) is 5.25. The van der Waals surface area contributed by atoms with Crippen molar-refractivity contribution < 1.29 is 4.74 Å². The van der Waals surface area contributed by atoms with Gasteiger partial charge >= 0.3 is 0 Å². The molecule has 0 N–H and O–H groups in total. The smallest absolute Gasteiger partial charge is 0.118 e. The largest absolute Gasteiger partial charge is 0.497 e. The Hall–Kier alpha value is -2.27. The normalized spacial score (nSPS) is 16.5. The number of hydrogen-bond acceptors (Lipinski definition) is 2. The number of methoxy groups -OCH3 is 1. The van der Waals surface area contributed by atoms with Gasteiger partial charge in [-0.25, -0.2) is 0 Å². The van der Waals surface area contributed by atoms with Gasteiger partial charge in [0, 0.05) is 0 Å². The molecule has 0 radical (unpaired) electrons. The summed E-state index contributed by atoms with van der Waals surface area (Å²) in [5, 5.41) is 9.19. The summed E-state index contributed by atoms with van der Waals surface area (Å²) in [6, 6.07) is 17.0. The summed E-state index contributed by atoms with van der Waals surface area (Å²) in [6.07, 6.45) is 2.91. The van der Waals surface area contributed by atoms with E-state index in [1.54, 1.807) is 7.11 Å². The molecule has 0 aromatic heterocycles. The first kappa shape index (κ1) is 12.7. The van der Waals surface area contributed by atoms with E-state index < -0.39 is 0 Å². The maximum Gasteiger partial charge on any atom is 0.118 e. The number of nitriles is 1. The number of hydrogen-bond donors (Lipinski definition) is 0. The molecule has 2 heteroatoms. The molecular formula is C18H17NO. The third-order valence-electron chi connectivity index (χ3n) is 4.08. The SMILES string of the molecule is COc1ccc(Cc2cccc3c2CCC3C#N)cc1. The molecule has 0 fully saturated rings. The number of fused-ring (bicyclic) bond motifs is 1. The van der Waals surface area contributed by atoms with Crippen LogP contribution in [0.25, 0.3) is 0 Å². The molecule has 1 aliphatic carbocycles. The van der Waals surface area contributed by atoms with Crippen LogP contribution >= 0.6 is 0 Å². The molecule has 0 saturated carbocycles. The van der Waals surface area contributed by atoms with E-state index in [1.165, 1.54) is 22.3 Å². The fourth-order valence-corrected chi connectivity index (χ4v) is 2.99. The van der Waals surface area contributed by atoms with Crippen LogP contribution in [0.5, 0.6) is 5.75 Å². The lowest BCUT2D eigenvalue weighted by Crippen LogP contribution is -1.96. The van der Waals surface area contributed by atoms with Gasteiger partial charge in [0.25, 0.3) is 0 Å². The molecule has 0 saturated heterocycles. The van der Waals surface area contributed by atoms with Crippen LogP contribution in [0.4, 0.5) is 0 Å². The number of rotatable bonds is 3. The average molecular weight is 263 g/mol. The zero-order valence-corrected chi connectivity index (χ0v) is 11.6. The van der Waals surface area contributed by atoms with Gasteiger partial charge in [0.1, 0.15) is 5.75 Å². The van der Waals surface area contributed by atoms with Crippen LogP contribution in [-0.2, 0) is 12.8 Å². The average Bonchev–Trinajstić information content (AvgIpc) is 2.92. The van der Waals surface area contributed by atoms with E-state index >= 15 is 0 Å². The zero-order chi connectivity index (χ0) is 13.9. The van der Waals surface area contributed by atoms with E-state index in [2.05, 4.69) is 36.4 Å². The van der Waals surface area contributed by atoms with Crippen LogP contribution in [0.2, 0.25) is 0 Å². The van der Waals surface area contributed by atoms with Crippen LogP contribution in [-0.4, -0.2) is 7.11 Å². The first-order valence-electron chi connectivity index (χ1n) is 6.95. The number of nitrogens with zero attached hydrogens (tertiary/aromatic N) is 1. The predicted octanol–water partition coefficient (Wildman–Crippen LogP) is 3.84. The molecule has 0 aliphatic heterocycles. The van der Waals surface area contributed by atoms with E-state index in [4.69, 9.17) is 4.74 Å². The van der Waals surface area contributed by atoms with Crippen molar-refractivity contribution in [1.82, 2.24) is 0 Å². The van der Waals surface area contributed by atoms with Gasteiger partial charge in [0.2, 0.25) is 0 Å². The molecule has 2 nitrogen and oxygen atoms in total. The van der Waals surface area contributed by atoms with Gasteiger partial charge in [-0.2, -0.15) is 5.26 Å². The first-order chi connectivity index (χ1) is 9.81. The summed E-state index contributed by atoms with van der Waals surface area (Å²) in [6.45, 7) is 0. The minimum absolute atomic E-state index is 0.0841. The third-order valence-corrected chi connectivity index (χ3v) is 4.08. The highest BCUT2D eigenvalue weighted by Crippen LogP contribution is 2.35. The Balaban J connectivity index is 1.88. The van der Waals surface area contributed by atoms with Crippen molar-refractivity contribution in [2.75, 3.05) is 7.11 Å². The molecule has 2 aromatic rings. The Labute approximate surface area is 119 Å². The lowest BCUT2D eigenvalue weighted by atomic mass is 9.95. The van der Waals surface area contributed by atoms with E-state index in [9.17, 15) is 5.26 Å². The highest BCUT2D eigenvalue weighted by atomic mass is 16.5. The minimum atomic E-state index is 0.0841. The van der Waals surface area contributed by atoms with Crippen LogP contribution in [0.3, 0.4) is 0 Å². The van der Waals surface area contributed by atoms with E-state index in [0.717, 1.165) is 25.0 Å². The second kappa shape index (κ2) is 5.38. The quantitative estimate of drug-likeness (QED) is 0.843. The highest BCUT2D eigenvalue weighted by molar-refractivity contribution is 5.45. The van der Waals surface area contributed by atoms with Crippen molar-refractivity contribution >= 4 is 0 Å². The molecule has 2 aromatic carbocycles. The minimum Gasteiger partial charge on any atom is -0.497 e. The molecule has 3 rings (SSSR count). The van der Waals surface area contributed by atoms with Gasteiger partial charge < -0.3 is 4.74 Å². The molecule has 1 atom stereocenters. The van der Waals surface area contributed by atoms with Crippen molar-refractivity contribution in [3.8, 4) is 11.8 Å². The monoisotopic (exact) mass is 263 g/mol. The van der Waals surface area contributed by atoms with Gasteiger partial charge in [-0.05, 0) is 53.6 Å². The Kier molecular flexibility index (Phi) is 3.43. The Morgan fingerprint density at radius 2 is 2.00 bits per heavy atom. The maximum absolute atomic E-state index is 9.19.